The third-order valence-electron chi connectivity index (χ3n) is 4.37. The van der Waals surface area contributed by atoms with Gasteiger partial charge in [0.2, 0.25) is 5.82 Å². The summed E-state index contributed by atoms with van der Waals surface area (Å²) in [7, 11) is 1.66. The Morgan fingerprint density at radius 3 is 2.44 bits per heavy atom. The van der Waals surface area contributed by atoms with Crippen LogP contribution in [0.5, 0.6) is 11.6 Å². The number of ether oxygens (including phenoxy) is 3. The van der Waals surface area contributed by atoms with Crippen molar-refractivity contribution >= 4 is 29.2 Å². The molecule has 0 aliphatic carbocycles. The third-order valence-corrected chi connectivity index (χ3v) is 4.87. The number of carbonyl (C=O) groups is 1. The number of carbonyl (C=O) groups excluding carboxylic acids is 1. The van der Waals surface area contributed by atoms with Gasteiger partial charge in [0.1, 0.15) is 5.75 Å². The minimum Gasteiger partial charge on any atom is -0.497 e. The van der Waals surface area contributed by atoms with Crippen LogP contribution in [0, 0.1) is 0 Å². The first-order valence-corrected chi connectivity index (χ1v) is 9.65. The second kappa shape index (κ2) is 8.90. The summed E-state index contributed by atoms with van der Waals surface area (Å²) in [5.41, 5.74) is 1.17. The van der Waals surface area contributed by atoms with Crippen LogP contribution in [-0.4, -0.2) is 60.7 Å². The molecule has 1 aliphatic heterocycles. The van der Waals surface area contributed by atoms with Crippen LogP contribution in [0.2, 0.25) is 0 Å². The fourth-order valence-corrected chi connectivity index (χ4v) is 3.40. The van der Waals surface area contributed by atoms with Crippen molar-refractivity contribution in [1.82, 2.24) is 8.75 Å². The molecule has 8 nitrogen and oxygen atoms in total. The molecular formula is C18H24N4O4S. The predicted octanol–water partition coefficient (Wildman–Crippen LogP) is 2.20. The van der Waals surface area contributed by atoms with E-state index in [1.807, 2.05) is 12.1 Å². The van der Waals surface area contributed by atoms with Gasteiger partial charge in [-0.25, -0.2) is 4.79 Å². The molecule has 9 heteroatoms. The van der Waals surface area contributed by atoms with Crippen LogP contribution >= 0.6 is 11.7 Å². The van der Waals surface area contributed by atoms with E-state index in [0.29, 0.717) is 18.3 Å². The maximum atomic E-state index is 11.8. The summed E-state index contributed by atoms with van der Waals surface area (Å²) in [5, 5.41) is 0. The summed E-state index contributed by atoms with van der Waals surface area (Å²) < 4.78 is 24.4. The zero-order valence-electron chi connectivity index (χ0n) is 15.8. The van der Waals surface area contributed by atoms with Gasteiger partial charge >= 0.3 is 5.97 Å². The molecule has 1 aromatic carbocycles. The van der Waals surface area contributed by atoms with Crippen molar-refractivity contribution in [1.29, 1.82) is 0 Å². The van der Waals surface area contributed by atoms with E-state index in [9.17, 15) is 4.79 Å². The van der Waals surface area contributed by atoms with E-state index >= 15 is 0 Å². The van der Waals surface area contributed by atoms with E-state index in [1.165, 1.54) is 5.69 Å². The minimum absolute atomic E-state index is 0.321. The summed E-state index contributed by atoms with van der Waals surface area (Å²) in [5.74, 6) is 1.52. The summed E-state index contributed by atoms with van der Waals surface area (Å²) in [6.45, 7) is 7.05. The van der Waals surface area contributed by atoms with Crippen LogP contribution in [0.3, 0.4) is 0 Å². The Balaban J connectivity index is 1.60. The summed E-state index contributed by atoms with van der Waals surface area (Å²) in [6, 6.07) is 8.06. The molecule has 0 radical (unpaired) electrons. The molecule has 1 atom stereocenters. The van der Waals surface area contributed by atoms with Crippen LogP contribution < -0.4 is 19.3 Å². The predicted molar refractivity (Wildman–Crippen MR) is 104 cm³/mol. The van der Waals surface area contributed by atoms with Crippen LogP contribution in [0.25, 0.3) is 0 Å². The van der Waals surface area contributed by atoms with Crippen LogP contribution in [0.15, 0.2) is 24.3 Å². The highest BCUT2D eigenvalue weighted by Crippen LogP contribution is 2.29. The molecule has 0 bridgehead atoms. The molecule has 27 heavy (non-hydrogen) atoms. The van der Waals surface area contributed by atoms with E-state index in [-0.39, 0.29) is 0 Å². The Morgan fingerprint density at radius 1 is 1.15 bits per heavy atom. The molecule has 0 amide bonds. The number of esters is 1. The molecule has 3 rings (SSSR count). The van der Waals surface area contributed by atoms with Gasteiger partial charge in [-0.3, -0.25) is 0 Å². The molecule has 146 valence electrons. The normalized spacial score (nSPS) is 15.4. The smallest absolute Gasteiger partial charge is 0.347 e. The first-order chi connectivity index (χ1) is 13.1. The number of benzene rings is 1. The average Bonchev–Trinajstić information content (AvgIpc) is 3.16. The van der Waals surface area contributed by atoms with Gasteiger partial charge in [-0.2, -0.15) is 4.37 Å². The Bertz CT molecular complexity index is 744. The van der Waals surface area contributed by atoms with E-state index in [0.717, 1.165) is 43.7 Å². The first kappa shape index (κ1) is 19.2. The molecule has 0 spiro atoms. The van der Waals surface area contributed by atoms with Gasteiger partial charge in [-0.05, 0) is 38.1 Å². The topological polar surface area (TPSA) is 77.0 Å². The van der Waals surface area contributed by atoms with E-state index in [2.05, 4.69) is 30.7 Å². The van der Waals surface area contributed by atoms with Gasteiger partial charge in [0.25, 0.3) is 5.88 Å². The Labute approximate surface area is 163 Å². The van der Waals surface area contributed by atoms with Gasteiger partial charge in [-0.1, -0.05) is 0 Å². The lowest BCUT2D eigenvalue weighted by Gasteiger charge is -2.36. The zero-order valence-corrected chi connectivity index (χ0v) is 16.6. The SMILES string of the molecule is CCOC(=O)C(C)Oc1nsnc1N1CCN(c2ccc(OC)cc2)CC1. The number of hydrogen-bond acceptors (Lipinski definition) is 9. The van der Waals surface area contributed by atoms with Crippen LogP contribution in [0.1, 0.15) is 13.8 Å². The molecule has 1 unspecified atom stereocenters. The van der Waals surface area contributed by atoms with Crippen molar-refractivity contribution < 1.29 is 19.0 Å². The molecule has 0 N–H and O–H groups in total. The maximum Gasteiger partial charge on any atom is 0.347 e. The quantitative estimate of drug-likeness (QED) is 0.664. The highest BCUT2D eigenvalue weighted by atomic mass is 32.1. The zero-order chi connectivity index (χ0) is 19.2. The van der Waals surface area contributed by atoms with Crippen molar-refractivity contribution in [2.45, 2.75) is 20.0 Å². The minimum atomic E-state index is -0.715. The lowest BCUT2D eigenvalue weighted by molar-refractivity contribution is -0.150. The standard InChI is InChI=1S/C18H24N4O4S/c1-4-25-18(23)13(2)26-17-16(19-27-20-17)22-11-9-21(10-12-22)14-5-7-15(24-3)8-6-14/h5-8,13H,4,9-12H2,1-3H3. The molecule has 0 saturated carbocycles. The number of nitrogens with zero attached hydrogens (tertiary/aromatic N) is 4. The fourth-order valence-electron chi connectivity index (χ4n) is 2.89. The van der Waals surface area contributed by atoms with E-state index < -0.39 is 12.1 Å². The number of aromatic nitrogens is 2. The molecule has 1 aliphatic rings. The number of rotatable bonds is 7. The van der Waals surface area contributed by atoms with E-state index in [1.54, 1.807) is 21.0 Å². The Kier molecular flexibility index (Phi) is 6.33. The molecule has 1 aromatic heterocycles. The van der Waals surface area contributed by atoms with Crippen molar-refractivity contribution in [3.63, 3.8) is 0 Å². The molecule has 2 aromatic rings. The summed E-state index contributed by atoms with van der Waals surface area (Å²) >= 11 is 1.08. The largest absolute Gasteiger partial charge is 0.497 e. The highest BCUT2D eigenvalue weighted by Gasteiger charge is 2.26. The van der Waals surface area contributed by atoms with Gasteiger partial charge in [0, 0.05) is 31.9 Å². The van der Waals surface area contributed by atoms with Crippen LogP contribution in [-0.2, 0) is 9.53 Å². The van der Waals surface area contributed by atoms with Crippen LogP contribution in [0.4, 0.5) is 11.5 Å². The van der Waals surface area contributed by atoms with Gasteiger partial charge in [0.15, 0.2) is 6.10 Å². The molecular weight excluding hydrogens is 368 g/mol. The number of methoxy groups -OCH3 is 1. The first-order valence-electron chi connectivity index (χ1n) is 8.92. The average molecular weight is 392 g/mol. The van der Waals surface area contributed by atoms with Crippen molar-refractivity contribution in [3.8, 4) is 11.6 Å². The third kappa shape index (κ3) is 4.60. The van der Waals surface area contributed by atoms with Gasteiger partial charge < -0.3 is 24.0 Å². The number of piperazine rings is 1. The van der Waals surface area contributed by atoms with Gasteiger partial charge in [0.05, 0.1) is 25.4 Å². The lowest BCUT2D eigenvalue weighted by atomic mass is 10.2. The maximum absolute atomic E-state index is 11.8. The number of hydrogen-bond donors (Lipinski definition) is 0. The van der Waals surface area contributed by atoms with Crippen molar-refractivity contribution in [2.24, 2.45) is 0 Å². The lowest BCUT2D eigenvalue weighted by Crippen LogP contribution is -2.46. The molecule has 1 saturated heterocycles. The van der Waals surface area contributed by atoms with Crippen molar-refractivity contribution in [3.05, 3.63) is 24.3 Å². The van der Waals surface area contributed by atoms with Gasteiger partial charge in [-0.15, -0.1) is 4.37 Å². The summed E-state index contributed by atoms with van der Waals surface area (Å²) in [6.07, 6.45) is -0.715. The number of anilines is 2. The monoisotopic (exact) mass is 392 g/mol. The fraction of sp³-hybridized carbons (Fsp3) is 0.500. The Hall–Kier alpha value is -2.55. The Morgan fingerprint density at radius 2 is 1.81 bits per heavy atom. The van der Waals surface area contributed by atoms with E-state index in [4.69, 9.17) is 14.2 Å². The highest BCUT2D eigenvalue weighted by molar-refractivity contribution is 6.99. The second-order valence-corrected chi connectivity index (χ2v) is 6.61. The second-order valence-electron chi connectivity index (χ2n) is 6.08. The van der Waals surface area contributed by atoms with Crippen molar-refractivity contribution in [2.75, 3.05) is 49.7 Å². The summed E-state index contributed by atoms with van der Waals surface area (Å²) in [4.78, 5) is 16.2. The molecule has 2 heterocycles. The molecule has 1 fully saturated rings.